The largest absolute Gasteiger partial charge is 0.346 e. The number of carbonyl (C=O) groups is 1. The zero-order chi connectivity index (χ0) is 17.6. The standard InChI is InChI=1S/C20H16ClN3O/c21-16-7-9-17(10-8-16)23-20(25)11-6-15-14-24(13-3-12-22)19-5-2-1-4-18(15)19/h1-2,4-11,14H,3,13H2,(H,23,25)/b11-6+. The van der Waals surface area contributed by atoms with E-state index in [-0.39, 0.29) is 5.91 Å². The highest BCUT2D eigenvalue weighted by Crippen LogP contribution is 2.23. The SMILES string of the molecule is N#CCCn1cc(/C=C/C(=O)Nc2ccc(Cl)cc2)c2ccccc21. The van der Waals surface area contributed by atoms with E-state index in [1.165, 1.54) is 6.08 Å². The summed E-state index contributed by atoms with van der Waals surface area (Å²) in [6.45, 7) is 0.627. The third kappa shape index (κ3) is 4.09. The molecule has 1 aromatic heterocycles. The summed E-state index contributed by atoms with van der Waals surface area (Å²) in [5.74, 6) is -0.212. The predicted octanol–water partition coefficient (Wildman–Crippen LogP) is 4.86. The number of anilines is 1. The number of halogens is 1. The van der Waals surface area contributed by atoms with Crippen molar-refractivity contribution in [1.29, 1.82) is 5.26 Å². The molecule has 0 radical (unpaired) electrons. The van der Waals surface area contributed by atoms with E-state index in [1.54, 1.807) is 30.3 Å². The Morgan fingerprint density at radius 3 is 2.72 bits per heavy atom. The van der Waals surface area contributed by atoms with Crippen molar-refractivity contribution >= 4 is 40.2 Å². The molecule has 0 bridgehead atoms. The van der Waals surface area contributed by atoms with Crippen molar-refractivity contribution in [2.45, 2.75) is 13.0 Å². The predicted molar refractivity (Wildman–Crippen MR) is 101 cm³/mol. The van der Waals surface area contributed by atoms with Crippen LogP contribution < -0.4 is 5.32 Å². The molecule has 0 saturated heterocycles. The Balaban J connectivity index is 1.79. The van der Waals surface area contributed by atoms with E-state index in [0.717, 1.165) is 16.5 Å². The minimum absolute atomic E-state index is 0.212. The minimum Gasteiger partial charge on any atom is -0.346 e. The molecule has 25 heavy (non-hydrogen) atoms. The van der Waals surface area contributed by atoms with Gasteiger partial charge >= 0.3 is 0 Å². The van der Waals surface area contributed by atoms with E-state index in [2.05, 4.69) is 11.4 Å². The third-order valence-corrected chi connectivity index (χ3v) is 4.06. The van der Waals surface area contributed by atoms with E-state index in [1.807, 2.05) is 35.0 Å². The van der Waals surface area contributed by atoms with Crippen LogP contribution in [0.2, 0.25) is 5.02 Å². The number of aromatic nitrogens is 1. The van der Waals surface area contributed by atoms with Gasteiger partial charge in [0.1, 0.15) is 0 Å². The van der Waals surface area contributed by atoms with Crippen LogP contribution in [0.3, 0.4) is 0 Å². The second kappa shape index (κ2) is 7.69. The first-order valence-electron chi connectivity index (χ1n) is 7.87. The summed E-state index contributed by atoms with van der Waals surface area (Å²) in [4.78, 5) is 12.1. The number of hydrogen-bond acceptors (Lipinski definition) is 2. The molecule has 5 heteroatoms. The fraction of sp³-hybridized carbons (Fsp3) is 0.100. The van der Waals surface area contributed by atoms with Crippen LogP contribution >= 0.6 is 11.6 Å². The molecule has 0 aliphatic heterocycles. The number of benzene rings is 2. The van der Waals surface area contributed by atoms with E-state index in [0.29, 0.717) is 23.7 Å². The molecule has 0 aliphatic rings. The highest BCUT2D eigenvalue weighted by Gasteiger charge is 2.06. The van der Waals surface area contributed by atoms with Crippen molar-refractivity contribution in [3.05, 3.63) is 71.4 Å². The fourth-order valence-electron chi connectivity index (χ4n) is 2.65. The summed E-state index contributed by atoms with van der Waals surface area (Å²) in [5, 5.41) is 13.3. The Morgan fingerprint density at radius 2 is 1.96 bits per heavy atom. The second-order valence-corrected chi connectivity index (χ2v) is 5.97. The molecule has 1 heterocycles. The maximum absolute atomic E-state index is 12.1. The van der Waals surface area contributed by atoms with Crippen LogP contribution in [0.5, 0.6) is 0 Å². The maximum atomic E-state index is 12.1. The molecule has 1 N–H and O–H groups in total. The second-order valence-electron chi connectivity index (χ2n) is 5.53. The quantitative estimate of drug-likeness (QED) is 0.669. The Kier molecular flexibility index (Phi) is 5.17. The Hall–Kier alpha value is -3.03. The van der Waals surface area contributed by atoms with Gasteiger partial charge in [0.15, 0.2) is 0 Å². The van der Waals surface area contributed by atoms with Crippen molar-refractivity contribution < 1.29 is 4.79 Å². The highest BCUT2D eigenvalue weighted by atomic mass is 35.5. The molecule has 2 aromatic carbocycles. The van der Waals surface area contributed by atoms with Crippen molar-refractivity contribution in [3.8, 4) is 6.07 Å². The van der Waals surface area contributed by atoms with Crippen molar-refractivity contribution in [2.24, 2.45) is 0 Å². The summed E-state index contributed by atoms with van der Waals surface area (Å²) >= 11 is 5.83. The fourth-order valence-corrected chi connectivity index (χ4v) is 2.77. The third-order valence-electron chi connectivity index (χ3n) is 3.81. The first-order chi connectivity index (χ1) is 12.2. The molecule has 124 valence electrons. The number of amides is 1. The summed E-state index contributed by atoms with van der Waals surface area (Å²) in [7, 11) is 0. The molecule has 3 aromatic rings. The molecule has 0 atom stereocenters. The number of carbonyl (C=O) groups excluding carboxylic acids is 1. The van der Waals surface area contributed by atoms with Crippen LogP contribution in [0.4, 0.5) is 5.69 Å². The Bertz CT molecular complexity index is 965. The van der Waals surface area contributed by atoms with Crippen LogP contribution in [-0.2, 0) is 11.3 Å². The average Bonchev–Trinajstić information content (AvgIpc) is 2.98. The molecular weight excluding hydrogens is 334 g/mol. The van der Waals surface area contributed by atoms with E-state index < -0.39 is 0 Å². The number of aryl methyl sites for hydroxylation is 1. The summed E-state index contributed by atoms with van der Waals surface area (Å²) in [6, 6.07) is 17.1. The van der Waals surface area contributed by atoms with Gasteiger partial charge in [0, 0.05) is 46.0 Å². The van der Waals surface area contributed by atoms with Gasteiger partial charge in [-0.25, -0.2) is 0 Å². The lowest BCUT2D eigenvalue weighted by Gasteiger charge is -2.01. The van der Waals surface area contributed by atoms with Crippen LogP contribution in [0.25, 0.3) is 17.0 Å². The topological polar surface area (TPSA) is 57.8 Å². The number of nitrogens with one attached hydrogen (secondary N) is 1. The van der Waals surface area contributed by atoms with E-state index in [9.17, 15) is 4.79 Å². The molecular formula is C20H16ClN3O. The van der Waals surface area contributed by atoms with Gasteiger partial charge in [0.2, 0.25) is 5.91 Å². The van der Waals surface area contributed by atoms with Crippen molar-refractivity contribution in [1.82, 2.24) is 4.57 Å². The number of nitriles is 1. The van der Waals surface area contributed by atoms with Crippen LogP contribution in [0, 0.1) is 11.3 Å². The molecule has 0 saturated carbocycles. The molecule has 0 aliphatic carbocycles. The molecule has 4 nitrogen and oxygen atoms in total. The van der Waals surface area contributed by atoms with Gasteiger partial charge < -0.3 is 9.88 Å². The summed E-state index contributed by atoms with van der Waals surface area (Å²) in [6.07, 6.45) is 5.70. The monoisotopic (exact) mass is 349 g/mol. The minimum atomic E-state index is -0.212. The van der Waals surface area contributed by atoms with Gasteiger partial charge in [-0.1, -0.05) is 29.8 Å². The maximum Gasteiger partial charge on any atom is 0.248 e. The van der Waals surface area contributed by atoms with Gasteiger partial charge in [-0.2, -0.15) is 5.26 Å². The number of rotatable bonds is 5. The van der Waals surface area contributed by atoms with Crippen LogP contribution in [0.1, 0.15) is 12.0 Å². The lowest BCUT2D eigenvalue weighted by atomic mass is 10.1. The van der Waals surface area contributed by atoms with Crippen LogP contribution in [-0.4, -0.2) is 10.5 Å². The Labute approximate surface area is 150 Å². The van der Waals surface area contributed by atoms with E-state index in [4.69, 9.17) is 16.9 Å². The molecule has 0 fully saturated rings. The highest BCUT2D eigenvalue weighted by molar-refractivity contribution is 6.30. The molecule has 0 spiro atoms. The van der Waals surface area contributed by atoms with E-state index >= 15 is 0 Å². The van der Waals surface area contributed by atoms with Gasteiger partial charge in [0.25, 0.3) is 0 Å². The summed E-state index contributed by atoms with van der Waals surface area (Å²) in [5.41, 5.74) is 2.69. The zero-order valence-electron chi connectivity index (χ0n) is 13.4. The van der Waals surface area contributed by atoms with Gasteiger partial charge in [-0.05, 0) is 36.4 Å². The van der Waals surface area contributed by atoms with Gasteiger partial charge in [-0.15, -0.1) is 0 Å². The molecule has 0 unspecified atom stereocenters. The average molecular weight is 350 g/mol. The Morgan fingerprint density at radius 1 is 1.20 bits per heavy atom. The normalized spacial score (nSPS) is 10.9. The van der Waals surface area contributed by atoms with Crippen molar-refractivity contribution in [2.75, 3.05) is 5.32 Å². The van der Waals surface area contributed by atoms with Crippen molar-refractivity contribution in [3.63, 3.8) is 0 Å². The zero-order valence-corrected chi connectivity index (χ0v) is 14.2. The lowest BCUT2D eigenvalue weighted by Crippen LogP contribution is -2.07. The molecule has 3 rings (SSSR count). The number of fused-ring (bicyclic) bond motifs is 1. The number of nitrogens with zero attached hydrogens (tertiary/aromatic N) is 2. The number of para-hydroxylation sites is 1. The first-order valence-corrected chi connectivity index (χ1v) is 8.24. The number of hydrogen-bond donors (Lipinski definition) is 1. The first kappa shape index (κ1) is 16.8. The van der Waals surface area contributed by atoms with Crippen LogP contribution in [0.15, 0.2) is 60.8 Å². The van der Waals surface area contributed by atoms with Gasteiger partial charge in [0.05, 0.1) is 12.5 Å². The summed E-state index contributed by atoms with van der Waals surface area (Å²) < 4.78 is 2.04. The molecule has 1 amide bonds. The van der Waals surface area contributed by atoms with Gasteiger partial charge in [-0.3, -0.25) is 4.79 Å². The smallest absolute Gasteiger partial charge is 0.248 e. The lowest BCUT2D eigenvalue weighted by molar-refractivity contribution is -0.111.